The van der Waals surface area contributed by atoms with Gasteiger partial charge in [0.2, 0.25) is 5.91 Å². The number of carbonyl (C=O) groups excluding carboxylic acids is 1. The molecule has 2 aromatic heterocycles. The molecule has 3 aromatic rings. The Kier molecular flexibility index (Phi) is 5.09. The maximum absolute atomic E-state index is 12.3. The summed E-state index contributed by atoms with van der Waals surface area (Å²) < 4.78 is 1.70. The van der Waals surface area contributed by atoms with Gasteiger partial charge in [-0.1, -0.05) is 30.3 Å². The van der Waals surface area contributed by atoms with Crippen molar-refractivity contribution < 1.29 is 4.79 Å². The standard InChI is InChI=1S/C18H17N5O/c24-18(7-6-15-8-10-19-11-9-15)22-17(12-23-14-20-13-21-23)16-4-2-1-3-5-16/h1-11,13-14,17H,12H2,(H,22,24)/b7-6-/t17-/m0/s1. The van der Waals surface area contributed by atoms with Gasteiger partial charge < -0.3 is 5.32 Å². The van der Waals surface area contributed by atoms with Gasteiger partial charge >= 0.3 is 0 Å². The highest BCUT2D eigenvalue weighted by Gasteiger charge is 2.14. The topological polar surface area (TPSA) is 72.7 Å². The number of amides is 1. The molecular formula is C18H17N5O. The van der Waals surface area contributed by atoms with Crippen molar-refractivity contribution in [3.8, 4) is 0 Å². The highest BCUT2D eigenvalue weighted by molar-refractivity contribution is 5.91. The van der Waals surface area contributed by atoms with Crippen LogP contribution in [0.15, 0.2) is 73.6 Å². The fourth-order valence-electron chi connectivity index (χ4n) is 2.30. The summed E-state index contributed by atoms with van der Waals surface area (Å²) in [5.41, 5.74) is 1.94. The number of hydrogen-bond acceptors (Lipinski definition) is 4. The van der Waals surface area contributed by atoms with Crippen LogP contribution in [0.25, 0.3) is 6.08 Å². The molecule has 24 heavy (non-hydrogen) atoms. The molecule has 0 radical (unpaired) electrons. The van der Waals surface area contributed by atoms with Crippen LogP contribution in [0.5, 0.6) is 0 Å². The number of rotatable bonds is 6. The Labute approximate surface area is 139 Å². The smallest absolute Gasteiger partial charge is 0.244 e. The van der Waals surface area contributed by atoms with Crippen LogP contribution in [0.1, 0.15) is 17.2 Å². The number of hydrogen-bond donors (Lipinski definition) is 1. The van der Waals surface area contributed by atoms with Gasteiger partial charge in [-0.15, -0.1) is 0 Å². The third-order valence-electron chi connectivity index (χ3n) is 3.49. The van der Waals surface area contributed by atoms with Crippen LogP contribution >= 0.6 is 0 Å². The second-order valence-corrected chi connectivity index (χ2v) is 5.20. The van der Waals surface area contributed by atoms with Gasteiger partial charge in [-0.2, -0.15) is 5.10 Å². The average molecular weight is 319 g/mol. The van der Waals surface area contributed by atoms with E-state index >= 15 is 0 Å². The van der Waals surface area contributed by atoms with Crippen LogP contribution in [0, 0.1) is 0 Å². The van der Waals surface area contributed by atoms with Crippen molar-refractivity contribution in [2.24, 2.45) is 0 Å². The first kappa shape index (κ1) is 15.6. The van der Waals surface area contributed by atoms with E-state index in [9.17, 15) is 4.79 Å². The zero-order valence-electron chi connectivity index (χ0n) is 13.0. The lowest BCUT2D eigenvalue weighted by Gasteiger charge is -2.18. The first-order valence-electron chi connectivity index (χ1n) is 7.57. The molecule has 1 N–H and O–H groups in total. The first-order chi connectivity index (χ1) is 11.8. The van der Waals surface area contributed by atoms with Crippen molar-refractivity contribution in [3.63, 3.8) is 0 Å². The summed E-state index contributed by atoms with van der Waals surface area (Å²) in [7, 11) is 0. The van der Waals surface area contributed by atoms with E-state index in [0.717, 1.165) is 11.1 Å². The summed E-state index contributed by atoms with van der Waals surface area (Å²) in [6, 6.07) is 13.3. The second-order valence-electron chi connectivity index (χ2n) is 5.20. The molecule has 0 aliphatic carbocycles. The lowest BCUT2D eigenvalue weighted by Crippen LogP contribution is -2.30. The van der Waals surface area contributed by atoms with Gasteiger partial charge in [-0.3, -0.25) is 14.5 Å². The van der Waals surface area contributed by atoms with E-state index in [0.29, 0.717) is 6.54 Å². The minimum absolute atomic E-state index is 0.166. The maximum atomic E-state index is 12.3. The van der Waals surface area contributed by atoms with Crippen molar-refractivity contribution in [1.82, 2.24) is 25.1 Å². The van der Waals surface area contributed by atoms with Crippen LogP contribution < -0.4 is 5.32 Å². The van der Waals surface area contributed by atoms with Crippen LogP contribution in [0.2, 0.25) is 0 Å². The highest BCUT2D eigenvalue weighted by Crippen LogP contribution is 2.14. The summed E-state index contributed by atoms with van der Waals surface area (Å²) in [5, 5.41) is 7.12. The monoisotopic (exact) mass is 319 g/mol. The predicted molar refractivity (Wildman–Crippen MR) is 90.6 cm³/mol. The molecule has 0 aliphatic heterocycles. The van der Waals surface area contributed by atoms with Crippen LogP contribution in [-0.4, -0.2) is 25.7 Å². The zero-order valence-corrected chi connectivity index (χ0v) is 13.0. The normalized spacial score (nSPS) is 12.2. The minimum atomic E-state index is -0.192. The lowest BCUT2D eigenvalue weighted by molar-refractivity contribution is -0.117. The third kappa shape index (κ3) is 4.36. The Balaban J connectivity index is 1.71. The maximum Gasteiger partial charge on any atom is 0.244 e. The molecule has 2 heterocycles. The predicted octanol–water partition coefficient (Wildman–Crippen LogP) is 2.24. The van der Waals surface area contributed by atoms with E-state index in [4.69, 9.17) is 0 Å². The summed E-state index contributed by atoms with van der Waals surface area (Å²) in [6.45, 7) is 0.513. The molecule has 6 heteroatoms. The number of nitrogens with one attached hydrogen (secondary N) is 1. The third-order valence-corrected chi connectivity index (χ3v) is 3.49. The molecule has 1 atom stereocenters. The first-order valence-corrected chi connectivity index (χ1v) is 7.57. The quantitative estimate of drug-likeness (QED) is 0.707. The molecule has 0 saturated carbocycles. The van der Waals surface area contributed by atoms with Crippen LogP contribution in [0.3, 0.4) is 0 Å². The van der Waals surface area contributed by atoms with E-state index in [2.05, 4.69) is 20.4 Å². The van der Waals surface area contributed by atoms with Crippen molar-refractivity contribution >= 4 is 12.0 Å². The average Bonchev–Trinajstić information content (AvgIpc) is 3.14. The molecule has 1 aromatic carbocycles. The van der Waals surface area contributed by atoms with Crippen LogP contribution in [0.4, 0.5) is 0 Å². The molecule has 0 fully saturated rings. The number of nitrogens with zero attached hydrogens (tertiary/aromatic N) is 4. The molecule has 3 rings (SSSR count). The van der Waals surface area contributed by atoms with E-state index in [1.54, 1.807) is 29.5 Å². The number of carbonyl (C=O) groups is 1. The number of pyridine rings is 1. The summed E-state index contributed by atoms with van der Waals surface area (Å²) in [4.78, 5) is 20.2. The molecule has 6 nitrogen and oxygen atoms in total. The van der Waals surface area contributed by atoms with E-state index in [1.807, 2.05) is 42.5 Å². The van der Waals surface area contributed by atoms with Gasteiger partial charge in [0.1, 0.15) is 12.7 Å². The molecule has 1 amide bonds. The molecule has 0 aliphatic rings. The molecule has 0 spiro atoms. The number of aromatic nitrogens is 4. The van der Waals surface area contributed by atoms with Crippen LogP contribution in [-0.2, 0) is 11.3 Å². The Morgan fingerprint density at radius 2 is 1.92 bits per heavy atom. The fraction of sp³-hybridized carbons (Fsp3) is 0.111. The van der Waals surface area contributed by atoms with Gasteiger partial charge in [0.05, 0.1) is 12.6 Å². The summed E-state index contributed by atoms with van der Waals surface area (Å²) in [6.07, 6.45) is 9.77. The van der Waals surface area contributed by atoms with Crippen molar-refractivity contribution in [1.29, 1.82) is 0 Å². The Bertz CT molecular complexity index is 785. The van der Waals surface area contributed by atoms with Crippen molar-refractivity contribution in [2.45, 2.75) is 12.6 Å². The van der Waals surface area contributed by atoms with Gasteiger partial charge in [0, 0.05) is 18.5 Å². The molecule has 0 saturated heterocycles. The SMILES string of the molecule is O=C(/C=C\c1ccncc1)N[C@@H](Cn1cncn1)c1ccccc1. The minimum Gasteiger partial charge on any atom is -0.344 e. The Morgan fingerprint density at radius 1 is 1.12 bits per heavy atom. The molecular weight excluding hydrogens is 302 g/mol. The zero-order chi connectivity index (χ0) is 16.6. The highest BCUT2D eigenvalue weighted by atomic mass is 16.1. The molecule has 0 unspecified atom stereocenters. The van der Waals surface area contributed by atoms with Gasteiger partial charge in [-0.05, 0) is 29.3 Å². The van der Waals surface area contributed by atoms with Gasteiger partial charge in [0.25, 0.3) is 0 Å². The number of benzene rings is 1. The lowest BCUT2D eigenvalue weighted by atomic mass is 10.1. The largest absolute Gasteiger partial charge is 0.344 e. The fourth-order valence-corrected chi connectivity index (χ4v) is 2.30. The summed E-state index contributed by atoms with van der Waals surface area (Å²) >= 11 is 0. The van der Waals surface area contributed by atoms with Crippen molar-refractivity contribution in [2.75, 3.05) is 0 Å². The van der Waals surface area contributed by atoms with E-state index in [-0.39, 0.29) is 11.9 Å². The van der Waals surface area contributed by atoms with E-state index < -0.39 is 0 Å². The van der Waals surface area contributed by atoms with E-state index in [1.165, 1.54) is 12.4 Å². The molecule has 120 valence electrons. The summed E-state index contributed by atoms with van der Waals surface area (Å²) in [5.74, 6) is -0.166. The van der Waals surface area contributed by atoms with Gasteiger partial charge in [-0.25, -0.2) is 4.98 Å². The Hall–Kier alpha value is -3.28. The Morgan fingerprint density at radius 3 is 2.62 bits per heavy atom. The van der Waals surface area contributed by atoms with Gasteiger partial charge in [0.15, 0.2) is 0 Å². The van der Waals surface area contributed by atoms with Crippen molar-refractivity contribution in [3.05, 3.63) is 84.7 Å². The second kappa shape index (κ2) is 7.82. The molecule has 0 bridgehead atoms.